The summed E-state index contributed by atoms with van der Waals surface area (Å²) in [7, 11) is 0. The van der Waals surface area contributed by atoms with E-state index < -0.39 is 17.8 Å². The van der Waals surface area contributed by atoms with E-state index in [4.69, 9.17) is 16.3 Å². The van der Waals surface area contributed by atoms with Crippen molar-refractivity contribution in [2.24, 2.45) is 0 Å². The smallest absolute Gasteiger partial charge is 0.407 e. The summed E-state index contributed by atoms with van der Waals surface area (Å²) in [4.78, 5) is 15.2. The normalized spacial score (nSPS) is 12.9. The zero-order chi connectivity index (χ0) is 13.8. The molecule has 100 valence electrons. The predicted octanol–water partition coefficient (Wildman–Crippen LogP) is 2.29. The highest BCUT2D eigenvalue weighted by Crippen LogP contribution is 2.13. The van der Waals surface area contributed by atoms with Gasteiger partial charge in [-0.25, -0.2) is 9.78 Å². The van der Waals surface area contributed by atoms with Gasteiger partial charge in [-0.2, -0.15) is 0 Å². The number of nitrogens with one attached hydrogen (secondary N) is 1. The van der Waals surface area contributed by atoms with Crippen LogP contribution in [0.25, 0.3) is 0 Å². The lowest BCUT2D eigenvalue weighted by Gasteiger charge is -2.20. The minimum Gasteiger partial charge on any atom is -0.444 e. The second kappa shape index (κ2) is 6.02. The van der Waals surface area contributed by atoms with Gasteiger partial charge in [0.2, 0.25) is 0 Å². The summed E-state index contributed by atoms with van der Waals surface area (Å²) in [5.74, 6) is 0. The molecule has 1 rings (SSSR count). The van der Waals surface area contributed by atoms with Gasteiger partial charge in [-0.15, -0.1) is 0 Å². The van der Waals surface area contributed by atoms with E-state index in [0.29, 0.717) is 10.7 Å². The molecule has 1 aromatic heterocycles. The molecule has 1 amide bonds. The van der Waals surface area contributed by atoms with E-state index in [0.717, 1.165) is 0 Å². The van der Waals surface area contributed by atoms with E-state index in [1.807, 2.05) is 0 Å². The van der Waals surface area contributed by atoms with Crippen molar-refractivity contribution in [2.75, 3.05) is 6.54 Å². The zero-order valence-electron chi connectivity index (χ0n) is 10.6. The topological polar surface area (TPSA) is 71.5 Å². The quantitative estimate of drug-likeness (QED) is 0.828. The highest BCUT2D eigenvalue weighted by molar-refractivity contribution is 6.29. The number of carbonyl (C=O) groups is 1. The lowest BCUT2D eigenvalue weighted by molar-refractivity contribution is 0.0491. The Morgan fingerprint density at radius 3 is 2.72 bits per heavy atom. The van der Waals surface area contributed by atoms with Crippen LogP contribution in [0.5, 0.6) is 0 Å². The lowest BCUT2D eigenvalue weighted by Crippen LogP contribution is -2.34. The SMILES string of the molecule is CC(C)(C)OC(=O)NCC(O)c1ccc(Cl)nc1. The number of carbonyl (C=O) groups excluding carboxylic acids is 1. The van der Waals surface area contributed by atoms with Gasteiger partial charge in [0.15, 0.2) is 0 Å². The Bertz CT molecular complexity index is 401. The van der Waals surface area contributed by atoms with Crippen LogP contribution in [0, 0.1) is 0 Å². The fourth-order valence-corrected chi connectivity index (χ4v) is 1.31. The summed E-state index contributed by atoms with van der Waals surface area (Å²) in [6.45, 7) is 5.36. The van der Waals surface area contributed by atoms with Crippen LogP contribution in [0.2, 0.25) is 5.15 Å². The summed E-state index contributed by atoms with van der Waals surface area (Å²) < 4.78 is 5.05. The number of aromatic nitrogens is 1. The predicted molar refractivity (Wildman–Crippen MR) is 68.4 cm³/mol. The van der Waals surface area contributed by atoms with E-state index in [2.05, 4.69) is 10.3 Å². The highest BCUT2D eigenvalue weighted by Gasteiger charge is 2.17. The molecule has 1 aromatic rings. The molecule has 0 spiro atoms. The van der Waals surface area contributed by atoms with Crippen molar-refractivity contribution in [2.45, 2.75) is 32.5 Å². The van der Waals surface area contributed by atoms with Crippen molar-refractivity contribution in [1.29, 1.82) is 0 Å². The van der Waals surface area contributed by atoms with E-state index in [-0.39, 0.29) is 6.54 Å². The van der Waals surface area contributed by atoms with E-state index in [9.17, 15) is 9.90 Å². The third-order valence-corrected chi connectivity index (χ3v) is 2.20. The number of aliphatic hydroxyl groups is 1. The van der Waals surface area contributed by atoms with Crippen LogP contribution in [-0.4, -0.2) is 28.3 Å². The molecule has 5 nitrogen and oxygen atoms in total. The molecule has 1 unspecified atom stereocenters. The van der Waals surface area contributed by atoms with Gasteiger partial charge >= 0.3 is 6.09 Å². The van der Waals surface area contributed by atoms with Gasteiger partial charge in [-0.05, 0) is 26.8 Å². The maximum atomic E-state index is 11.4. The minimum absolute atomic E-state index is 0.0538. The van der Waals surface area contributed by atoms with Gasteiger partial charge in [0.05, 0.1) is 12.6 Å². The zero-order valence-corrected chi connectivity index (χ0v) is 11.4. The fraction of sp³-hybridized carbons (Fsp3) is 0.500. The van der Waals surface area contributed by atoms with Gasteiger partial charge in [0.25, 0.3) is 0 Å². The first-order valence-corrected chi connectivity index (χ1v) is 5.92. The van der Waals surface area contributed by atoms with E-state index in [1.165, 1.54) is 6.20 Å². The number of amides is 1. The second-order valence-electron chi connectivity index (χ2n) is 4.81. The molecule has 18 heavy (non-hydrogen) atoms. The van der Waals surface area contributed by atoms with E-state index >= 15 is 0 Å². The molecule has 0 saturated carbocycles. The summed E-state index contributed by atoms with van der Waals surface area (Å²) in [6, 6.07) is 3.23. The van der Waals surface area contributed by atoms with Crippen molar-refractivity contribution < 1.29 is 14.6 Å². The molecule has 1 atom stereocenters. The number of hydrogen-bond donors (Lipinski definition) is 2. The number of pyridine rings is 1. The molecule has 2 N–H and O–H groups in total. The van der Waals surface area contributed by atoms with Crippen LogP contribution >= 0.6 is 11.6 Å². The first kappa shape index (κ1) is 14.7. The summed E-state index contributed by atoms with van der Waals surface area (Å²) in [5, 5.41) is 12.6. The molecular formula is C12H17ClN2O3. The Kier molecular flexibility index (Phi) is 4.93. The molecule has 0 bridgehead atoms. The Morgan fingerprint density at radius 1 is 1.56 bits per heavy atom. The Morgan fingerprint density at radius 2 is 2.22 bits per heavy atom. The van der Waals surface area contributed by atoms with Crippen LogP contribution < -0.4 is 5.32 Å². The number of halogens is 1. The molecular weight excluding hydrogens is 256 g/mol. The van der Waals surface area contributed by atoms with E-state index in [1.54, 1.807) is 32.9 Å². The number of alkyl carbamates (subject to hydrolysis) is 1. The van der Waals surface area contributed by atoms with Crippen LogP contribution in [0.1, 0.15) is 32.4 Å². The van der Waals surface area contributed by atoms with Crippen LogP contribution in [0.4, 0.5) is 4.79 Å². The number of nitrogens with zero attached hydrogens (tertiary/aromatic N) is 1. The molecule has 0 saturated heterocycles. The van der Waals surface area contributed by atoms with Crippen LogP contribution in [-0.2, 0) is 4.74 Å². The maximum absolute atomic E-state index is 11.4. The molecule has 0 aliphatic heterocycles. The van der Waals surface area contributed by atoms with Crippen molar-refractivity contribution >= 4 is 17.7 Å². The first-order valence-electron chi connectivity index (χ1n) is 5.54. The monoisotopic (exact) mass is 272 g/mol. The van der Waals surface area contributed by atoms with Gasteiger partial charge in [0, 0.05) is 11.8 Å². The number of hydrogen-bond acceptors (Lipinski definition) is 4. The number of aliphatic hydroxyl groups excluding tert-OH is 1. The van der Waals surface area contributed by atoms with Gasteiger partial charge in [-0.1, -0.05) is 17.7 Å². The maximum Gasteiger partial charge on any atom is 0.407 e. The van der Waals surface area contributed by atoms with Gasteiger partial charge in [-0.3, -0.25) is 0 Å². The average Bonchev–Trinajstić information content (AvgIpc) is 2.24. The Balaban J connectivity index is 2.44. The van der Waals surface area contributed by atoms with Crippen LogP contribution in [0.15, 0.2) is 18.3 Å². The highest BCUT2D eigenvalue weighted by atomic mass is 35.5. The molecule has 0 aliphatic rings. The minimum atomic E-state index is -0.845. The molecule has 1 heterocycles. The van der Waals surface area contributed by atoms with Crippen molar-refractivity contribution in [1.82, 2.24) is 10.3 Å². The molecule has 0 aromatic carbocycles. The van der Waals surface area contributed by atoms with Crippen molar-refractivity contribution in [3.05, 3.63) is 29.0 Å². The van der Waals surface area contributed by atoms with Crippen molar-refractivity contribution in [3.63, 3.8) is 0 Å². The largest absolute Gasteiger partial charge is 0.444 e. The number of ether oxygens (including phenoxy) is 1. The van der Waals surface area contributed by atoms with Crippen LogP contribution in [0.3, 0.4) is 0 Å². The fourth-order valence-electron chi connectivity index (χ4n) is 1.20. The number of rotatable bonds is 3. The van der Waals surface area contributed by atoms with Crippen molar-refractivity contribution in [3.8, 4) is 0 Å². The first-order chi connectivity index (χ1) is 8.28. The molecule has 0 fully saturated rings. The summed E-state index contributed by atoms with van der Waals surface area (Å²) in [5.41, 5.74) is 0.0205. The molecule has 6 heteroatoms. The lowest BCUT2D eigenvalue weighted by atomic mass is 10.1. The standard InChI is InChI=1S/C12H17ClN2O3/c1-12(2,3)18-11(17)15-7-9(16)8-4-5-10(13)14-6-8/h4-6,9,16H,7H2,1-3H3,(H,15,17). The average molecular weight is 273 g/mol. The third kappa shape index (κ3) is 5.33. The van der Waals surface area contributed by atoms with Gasteiger partial charge in [0.1, 0.15) is 10.8 Å². The Hall–Kier alpha value is -1.33. The molecule has 0 aliphatic carbocycles. The van der Waals surface area contributed by atoms with Gasteiger partial charge < -0.3 is 15.2 Å². The summed E-state index contributed by atoms with van der Waals surface area (Å²) in [6.07, 6.45) is 0.0507. The second-order valence-corrected chi connectivity index (χ2v) is 5.20. The third-order valence-electron chi connectivity index (χ3n) is 1.97. The summed E-state index contributed by atoms with van der Waals surface area (Å²) >= 11 is 5.63. The Labute approximate surface area is 111 Å². The molecule has 0 radical (unpaired) electrons.